The second-order valence-electron chi connectivity index (χ2n) is 4.86. The van der Waals surface area contributed by atoms with Crippen molar-refractivity contribution in [1.29, 1.82) is 0 Å². The predicted molar refractivity (Wildman–Crippen MR) is 80.4 cm³/mol. The molecular weight excluding hydrogens is 272 g/mol. The van der Waals surface area contributed by atoms with Crippen molar-refractivity contribution in [2.75, 3.05) is 18.5 Å². The maximum absolute atomic E-state index is 11.7. The van der Waals surface area contributed by atoms with Crippen molar-refractivity contribution >= 4 is 17.6 Å². The number of hydrogen-bond acceptors (Lipinski definition) is 5. The van der Waals surface area contributed by atoms with Gasteiger partial charge in [-0.3, -0.25) is 4.79 Å². The lowest BCUT2D eigenvalue weighted by Gasteiger charge is -2.10. The lowest BCUT2D eigenvalue weighted by molar-refractivity contribution is -0.116. The molecule has 0 saturated heterocycles. The van der Waals surface area contributed by atoms with E-state index in [9.17, 15) is 14.7 Å². The van der Waals surface area contributed by atoms with E-state index in [0.717, 1.165) is 0 Å². The fraction of sp³-hybridized carbons (Fsp3) is 0.467. The first-order valence-corrected chi connectivity index (χ1v) is 6.97. The van der Waals surface area contributed by atoms with E-state index >= 15 is 0 Å². The molecule has 0 aromatic heterocycles. The molecule has 0 radical (unpaired) electrons. The first kappa shape index (κ1) is 17.0. The van der Waals surface area contributed by atoms with E-state index in [1.807, 2.05) is 13.8 Å². The molecule has 0 fully saturated rings. The molecule has 1 rings (SSSR count). The molecule has 0 saturated carbocycles. The number of carbonyl (C=O) groups excluding carboxylic acids is 2. The van der Waals surface area contributed by atoms with Crippen LogP contribution in [-0.2, 0) is 9.53 Å². The van der Waals surface area contributed by atoms with Crippen molar-refractivity contribution in [2.24, 2.45) is 0 Å². The Kier molecular flexibility index (Phi) is 6.68. The highest BCUT2D eigenvalue weighted by atomic mass is 16.5. The minimum absolute atomic E-state index is 0.0799. The van der Waals surface area contributed by atoms with Crippen LogP contribution >= 0.6 is 0 Å². The average molecular weight is 294 g/mol. The van der Waals surface area contributed by atoms with Crippen LogP contribution < -0.4 is 10.6 Å². The van der Waals surface area contributed by atoms with Crippen LogP contribution in [0.25, 0.3) is 0 Å². The summed E-state index contributed by atoms with van der Waals surface area (Å²) in [5, 5.41) is 15.6. The quantitative estimate of drug-likeness (QED) is 0.668. The Hall–Kier alpha value is -2.08. The number of esters is 1. The van der Waals surface area contributed by atoms with Gasteiger partial charge in [0.05, 0.1) is 6.61 Å². The molecule has 6 nitrogen and oxygen atoms in total. The molecular formula is C15H22N2O4. The Morgan fingerprint density at radius 2 is 2.05 bits per heavy atom. The summed E-state index contributed by atoms with van der Waals surface area (Å²) >= 11 is 0. The molecule has 6 heteroatoms. The zero-order chi connectivity index (χ0) is 15.8. The number of hydrogen-bond donors (Lipinski definition) is 3. The van der Waals surface area contributed by atoms with E-state index in [-0.39, 0.29) is 23.8 Å². The fourth-order valence-corrected chi connectivity index (χ4v) is 1.69. The number of rotatable bonds is 7. The third-order valence-electron chi connectivity index (χ3n) is 2.68. The van der Waals surface area contributed by atoms with Crippen LogP contribution in [0.3, 0.4) is 0 Å². The van der Waals surface area contributed by atoms with Crippen molar-refractivity contribution in [1.82, 2.24) is 5.32 Å². The van der Waals surface area contributed by atoms with Gasteiger partial charge in [-0.1, -0.05) is 13.8 Å². The summed E-state index contributed by atoms with van der Waals surface area (Å²) in [4.78, 5) is 23.2. The molecule has 1 aromatic carbocycles. The minimum atomic E-state index is -0.589. The lowest BCUT2D eigenvalue weighted by Crippen LogP contribution is -2.27. The van der Waals surface area contributed by atoms with Crippen molar-refractivity contribution in [3.05, 3.63) is 23.8 Å². The summed E-state index contributed by atoms with van der Waals surface area (Å²) < 4.78 is 4.81. The summed E-state index contributed by atoms with van der Waals surface area (Å²) in [6.45, 7) is 6.51. The molecule has 1 aromatic rings. The third kappa shape index (κ3) is 5.83. The van der Waals surface area contributed by atoms with Crippen molar-refractivity contribution in [3.8, 4) is 5.75 Å². The van der Waals surface area contributed by atoms with E-state index in [4.69, 9.17) is 4.74 Å². The van der Waals surface area contributed by atoms with E-state index in [1.165, 1.54) is 12.1 Å². The van der Waals surface area contributed by atoms with Crippen LogP contribution in [0.1, 0.15) is 37.6 Å². The Labute approximate surface area is 124 Å². The molecule has 0 aliphatic heterocycles. The van der Waals surface area contributed by atoms with Gasteiger partial charge in [0.15, 0.2) is 0 Å². The Morgan fingerprint density at radius 1 is 1.33 bits per heavy atom. The number of anilines is 1. The van der Waals surface area contributed by atoms with Gasteiger partial charge in [0.2, 0.25) is 5.91 Å². The Balaban J connectivity index is 2.59. The molecule has 116 valence electrons. The van der Waals surface area contributed by atoms with Gasteiger partial charge < -0.3 is 20.5 Å². The Morgan fingerprint density at radius 3 is 2.62 bits per heavy atom. The van der Waals surface area contributed by atoms with E-state index < -0.39 is 5.97 Å². The van der Waals surface area contributed by atoms with Crippen molar-refractivity contribution in [2.45, 2.75) is 33.2 Å². The monoisotopic (exact) mass is 294 g/mol. The standard InChI is InChI=1S/C15H22N2O4/c1-4-21-15(20)12-6-5-11(9-13(12)18)17-14(19)7-8-16-10(2)3/h5-6,9-10,16,18H,4,7-8H2,1-3H3,(H,17,19). The van der Waals surface area contributed by atoms with Gasteiger partial charge in [-0.2, -0.15) is 0 Å². The van der Waals surface area contributed by atoms with Gasteiger partial charge in [0, 0.05) is 30.8 Å². The molecule has 0 aliphatic carbocycles. The van der Waals surface area contributed by atoms with Gasteiger partial charge in [-0.25, -0.2) is 4.79 Å². The van der Waals surface area contributed by atoms with Crippen LogP contribution in [0.2, 0.25) is 0 Å². The normalized spacial score (nSPS) is 10.5. The smallest absolute Gasteiger partial charge is 0.341 e. The highest BCUT2D eigenvalue weighted by Gasteiger charge is 2.13. The van der Waals surface area contributed by atoms with Crippen molar-refractivity contribution < 1.29 is 19.4 Å². The summed E-state index contributed by atoms with van der Waals surface area (Å²) in [5.41, 5.74) is 0.520. The largest absolute Gasteiger partial charge is 0.507 e. The topological polar surface area (TPSA) is 87.7 Å². The zero-order valence-corrected chi connectivity index (χ0v) is 12.6. The van der Waals surface area contributed by atoms with E-state index in [0.29, 0.717) is 24.7 Å². The molecule has 0 aliphatic rings. The van der Waals surface area contributed by atoms with Crippen LogP contribution in [0, 0.1) is 0 Å². The molecule has 0 atom stereocenters. The average Bonchev–Trinajstić information content (AvgIpc) is 2.38. The zero-order valence-electron chi connectivity index (χ0n) is 12.6. The first-order valence-electron chi connectivity index (χ1n) is 6.97. The highest BCUT2D eigenvalue weighted by Crippen LogP contribution is 2.22. The molecule has 21 heavy (non-hydrogen) atoms. The van der Waals surface area contributed by atoms with Crippen LogP contribution in [0.15, 0.2) is 18.2 Å². The van der Waals surface area contributed by atoms with Crippen molar-refractivity contribution in [3.63, 3.8) is 0 Å². The lowest BCUT2D eigenvalue weighted by atomic mass is 10.2. The Bertz CT molecular complexity index is 500. The molecule has 0 heterocycles. The highest BCUT2D eigenvalue weighted by molar-refractivity contribution is 5.95. The molecule has 0 unspecified atom stereocenters. The number of nitrogens with one attached hydrogen (secondary N) is 2. The minimum Gasteiger partial charge on any atom is -0.507 e. The van der Waals surface area contributed by atoms with Gasteiger partial charge in [-0.15, -0.1) is 0 Å². The number of amides is 1. The first-order chi connectivity index (χ1) is 9.93. The van der Waals surface area contributed by atoms with Crippen LogP contribution in [0.5, 0.6) is 5.75 Å². The number of ether oxygens (including phenoxy) is 1. The van der Waals surface area contributed by atoms with Crippen LogP contribution in [0.4, 0.5) is 5.69 Å². The number of aromatic hydroxyl groups is 1. The number of carbonyl (C=O) groups is 2. The van der Waals surface area contributed by atoms with E-state index in [2.05, 4.69) is 10.6 Å². The van der Waals surface area contributed by atoms with Gasteiger partial charge in [-0.05, 0) is 19.1 Å². The number of benzene rings is 1. The van der Waals surface area contributed by atoms with E-state index in [1.54, 1.807) is 13.0 Å². The summed E-state index contributed by atoms with van der Waals surface area (Å²) in [5.74, 6) is -0.966. The van der Waals surface area contributed by atoms with Gasteiger partial charge >= 0.3 is 5.97 Å². The predicted octanol–water partition coefficient (Wildman–Crippen LogP) is 1.90. The maximum atomic E-state index is 11.7. The summed E-state index contributed by atoms with van der Waals surface area (Å²) in [7, 11) is 0. The molecule has 3 N–H and O–H groups in total. The van der Waals surface area contributed by atoms with Crippen LogP contribution in [-0.4, -0.2) is 36.2 Å². The molecule has 1 amide bonds. The third-order valence-corrected chi connectivity index (χ3v) is 2.68. The SMILES string of the molecule is CCOC(=O)c1ccc(NC(=O)CCNC(C)C)cc1O. The summed E-state index contributed by atoms with van der Waals surface area (Å²) in [6.07, 6.45) is 0.332. The van der Waals surface area contributed by atoms with Gasteiger partial charge in [0.25, 0.3) is 0 Å². The molecule has 0 spiro atoms. The number of phenols is 1. The molecule has 0 bridgehead atoms. The number of phenolic OH excluding ortho intramolecular Hbond substituents is 1. The maximum Gasteiger partial charge on any atom is 0.341 e. The second-order valence-corrected chi connectivity index (χ2v) is 4.86. The second kappa shape index (κ2) is 8.26. The summed E-state index contributed by atoms with van der Waals surface area (Å²) in [6, 6.07) is 4.64. The fourth-order valence-electron chi connectivity index (χ4n) is 1.69. The van der Waals surface area contributed by atoms with Gasteiger partial charge in [0.1, 0.15) is 11.3 Å².